The predicted molar refractivity (Wildman–Crippen MR) is 150 cm³/mol. The molecule has 3 aromatic rings. The van der Waals surface area contributed by atoms with Crippen molar-refractivity contribution in [1.29, 1.82) is 0 Å². The van der Waals surface area contributed by atoms with E-state index in [9.17, 15) is 0 Å². The summed E-state index contributed by atoms with van der Waals surface area (Å²) in [6, 6.07) is 23.8. The van der Waals surface area contributed by atoms with Gasteiger partial charge in [0.15, 0.2) is 0 Å². The highest BCUT2D eigenvalue weighted by molar-refractivity contribution is 6.31. The van der Waals surface area contributed by atoms with Crippen molar-refractivity contribution in [1.82, 2.24) is 9.80 Å². The van der Waals surface area contributed by atoms with Crippen LogP contribution in [0.25, 0.3) is 0 Å². The van der Waals surface area contributed by atoms with Gasteiger partial charge >= 0.3 is 0 Å². The molecule has 36 heavy (non-hydrogen) atoms. The highest BCUT2D eigenvalue weighted by Crippen LogP contribution is 2.26. The van der Waals surface area contributed by atoms with E-state index in [1.54, 1.807) is 0 Å². The quantitative estimate of drug-likeness (QED) is 0.332. The van der Waals surface area contributed by atoms with Crippen LogP contribution in [0, 0.1) is 12.8 Å². The van der Waals surface area contributed by atoms with Crippen molar-refractivity contribution in [2.75, 3.05) is 32.8 Å². The molecule has 2 heterocycles. The Kier molecular flexibility index (Phi) is 8.63. The first-order chi connectivity index (χ1) is 17.6. The molecule has 0 N–H and O–H groups in total. The summed E-state index contributed by atoms with van der Waals surface area (Å²) in [6.45, 7) is 9.56. The lowest BCUT2D eigenvalue weighted by atomic mass is 9.93. The second-order valence-corrected chi connectivity index (χ2v) is 11.0. The Bertz CT molecular complexity index is 1140. The molecule has 0 aliphatic carbocycles. The van der Waals surface area contributed by atoms with E-state index in [1.165, 1.54) is 40.7 Å². The number of fused-ring (bicyclic) bond motifs is 1. The third-order valence-corrected chi connectivity index (χ3v) is 8.45. The van der Waals surface area contributed by atoms with Crippen molar-refractivity contribution in [3.05, 3.63) is 99.6 Å². The molecule has 0 bridgehead atoms. The Labute approximate surface area is 222 Å². The highest BCUT2D eigenvalue weighted by atomic mass is 35.5. The fraction of sp³-hybridized carbons (Fsp3) is 0.438. The minimum absolute atomic E-state index is 0.753. The van der Waals surface area contributed by atoms with Crippen LogP contribution in [0.4, 0.5) is 0 Å². The molecular formula is C32H39ClN2O. The Morgan fingerprint density at radius 3 is 2.22 bits per heavy atom. The van der Waals surface area contributed by atoms with Crippen molar-refractivity contribution in [2.45, 2.75) is 52.1 Å². The van der Waals surface area contributed by atoms with Gasteiger partial charge < -0.3 is 4.74 Å². The van der Waals surface area contributed by atoms with Crippen LogP contribution in [0.15, 0.2) is 66.7 Å². The van der Waals surface area contributed by atoms with E-state index < -0.39 is 0 Å². The second kappa shape index (κ2) is 12.3. The van der Waals surface area contributed by atoms with Crippen LogP contribution in [0.3, 0.4) is 0 Å². The molecule has 0 aromatic heterocycles. The molecule has 0 radical (unpaired) electrons. The first-order valence-corrected chi connectivity index (χ1v) is 14.0. The van der Waals surface area contributed by atoms with E-state index in [2.05, 4.69) is 71.3 Å². The van der Waals surface area contributed by atoms with Crippen molar-refractivity contribution in [3.8, 4) is 5.75 Å². The van der Waals surface area contributed by atoms with E-state index in [0.717, 1.165) is 81.8 Å². The smallest absolute Gasteiger partial charge is 0.119 e. The number of hydrogen-bond acceptors (Lipinski definition) is 3. The van der Waals surface area contributed by atoms with Crippen LogP contribution in [0.1, 0.15) is 47.1 Å². The molecule has 0 spiro atoms. The van der Waals surface area contributed by atoms with Crippen LogP contribution < -0.4 is 4.74 Å². The maximum atomic E-state index is 6.35. The third-order valence-electron chi connectivity index (χ3n) is 8.08. The number of ether oxygens (including phenoxy) is 1. The summed E-state index contributed by atoms with van der Waals surface area (Å²) in [5, 5.41) is 0.882. The maximum Gasteiger partial charge on any atom is 0.119 e. The lowest BCUT2D eigenvalue weighted by molar-refractivity contribution is 0.157. The van der Waals surface area contributed by atoms with Gasteiger partial charge in [-0.25, -0.2) is 0 Å². The van der Waals surface area contributed by atoms with Crippen molar-refractivity contribution in [3.63, 3.8) is 0 Å². The summed E-state index contributed by atoms with van der Waals surface area (Å²) in [5.74, 6) is 1.79. The molecule has 4 heteroatoms. The topological polar surface area (TPSA) is 15.7 Å². The van der Waals surface area contributed by atoms with Gasteiger partial charge in [0, 0.05) is 31.2 Å². The monoisotopic (exact) mass is 502 g/mol. The summed E-state index contributed by atoms with van der Waals surface area (Å²) in [7, 11) is 0. The van der Waals surface area contributed by atoms with Crippen LogP contribution in [-0.4, -0.2) is 42.6 Å². The van der Waals surface area contributed by atoms with Gasteiger partial charge in [-0.2, -0.15) is 0 Å². The molecule has 2 aliphatic heterocycles. The lowest BCUT2D eigenvalue weighted by Gasteiger charge is -2.32. The van der Waals surface area contributed by atoms with Crippen LogP contribution in [0.5, 0.6) is 5.75 Å². The molecule has 1 saturated heterocycles. The van der Waals surface area contributed by atoms with Gasteiger partial charge in [-0.15, -0.1) is 0 Å². The lowest BCUT2D eigenvalue weighted by Crippen LogP contribution is -2.33. The number of benzene rings is 3. The summed E-state index contributed by atoms with van der Waals surface area (Å²) in [4.78, 5) is 5.13. The van der Waals surface area contributed by atoms with Gasteiger partial charge in [0.05, 0.1) is 6.61 Å². The third kappa shape index (κ3) is 6.70. The number of rotatable bonds is 8. The zero-order chi connectivity index (χ0) is 24.7. The van der Waals surface area contributed by atoms with E-state index >= 15 is 0 Å². The zero-order valence-electron chi connectivity index (χ0n) is 21.6. The molecule has 0 atom stereocenters. The van der Waals surface area contributed by atoms with Gasteiger partial charge in [-0.1, -0.05) is 60.1 Å². The molecule has 3 nitrogen and oxygen atoms in total. The number of hydrogen-bond donors (Lipinski definition) is 0. The summed E-state index contributed by atoms with van der Waals surface area (Å²) < 4.78 is 6.25. The van der Waals surface area contributed by atoms with Crippen molar-refractivity contribution < 1.29 is 4.74 Å². The van der Waals surface area contributed by atoms with E-state index in [1.807, 2.05) is 12.1 Å². The number of aryl methyl sites for hydroxylation is 1. The number of nitrogens with zero attached hydrogens (tertiary/aromatic N) is 2. The van der Waals surface area contributed by atoms with Crippen LogP contribution >= 0.6 is 11.6 Å². The fourth-order valence-corrected chi connectivity index (χ4v) is 5.86. The van der Waals surface area contributed by atoms with Gasteiger partial charge in [0.1, 0.15) is 5.75 Å². The van der Waals surface area contributed by atoms with Crippen molar-refractivity contribution in [2.24, 2.45) is 5.92 Å². The summed E-state index contributed by atoms with van der Waals surface area (Å²) in [5.41, 5.74) is 7.03. The van der Waals surface area contributed by atoms with Crippen LogP contribution in [0.2, 0.25) is 5.02 Å². The Morgan fingerprint density at radius 2 is 1.44 bits per heavy atom. The Hall–Kier alpha value is -2.33. The van der Waals surface area contributed by atoms with Crippen molar-refractivity contribution >= 4 is 11.6 Å². The maximum absolute atomic E-state index is 6.35. The molecule has 0 saturated carbocycles. The van der Waals surface area contributed by atoms with E-state index in [-0.39, 0.29) is 0 Å². The molecule has 0 unspecified atom stereocenters. The largest absolute Gasteiger partial charge is 0.494 e. The summed E-state index contributed by atoms with van der Waals surface area (Å²) in [6.07, 6.45) is 5.85. The predicted octanol–water partition coefficient (Wildman–Crippen LogP) is 6.93. The second-order valence-electron chi connectivity index (χ2n) is 10.6. The van der Waals surface area contributed by atoms with Gasteiger partial charge in [-0.05, 0) is 104 Å². The molecule has 1 fully saturated rings. The zero-order valence-corrected chi connectivity index (χ0v) is 22.4. The van der Waals surface area contributed by atoms with Gasteiger partial charge in [-0.3, -0.25) is 9.80 Å². The fourth-order valence-electron chi connectivity index (χ4n) is 5.67. The highest BCUT2D eigenvalue weighted by Gasteiger charge is 2.20. The Morgan fingerprint density at radius 1 is 0.778 bits per heavy atom. The molecule has 2 aliphatic rings. The molecule has 3 aromatic carbocycles. The minimum Gasteiger partial charge on any atom is -0.494 e. The number of halogens is 1. The molecular weight excluding hydrogens is 464 g/mol. The van der Waals surface area contributed by atoms with Crippen LogP contribution in [-0.2, 0) is 25.9 Å². The molecule has 5 rings (SSSR count). The summed E-state index contributed by atoms with van der Waals surface area (Å²) >= 11 is 6.35. The number of likely N-dealkylation sites (tertiary alicyclic amines) is 1. The standard InChI is InChI=1S/C32H39ClN2O/c1-25-6-2-3-7-29(25)23-35-19-14-27-10-11-31(22-28(27)15-20-35)36-21-16-26-12-17-34(18-13-26)24-30-8-4-5-9-32(30)33/h2-11,22,26H,12-21,23-24H2,1H3. The van der Waals surface area contributed by atoms with Gasteiger partial charge in [0.2, 0.25) is 0 Å². The SMILES string of the molecule is Cc1ccccc1CN1CCc2ccc(OCCC3CCN(Cc4ccccc4Cl)CC3)cc2CC1. The molecule has 190 valence electrons. The minimum atomic E-state index is 0.753. The van der Waals surface area contributed by atoms with E-state index in [4.69, 9.17) is 16.3 Å². The first kappa shape index (κ1) is 25.3. The average Bonchev–Trinajstić information content (AvgIpc) is 3.10. The van der Waals surface area contributed by atoms with Gasteiger partial charge in [0.25, 0.3) is 0 Å². The number of piperidine rings is 1. The molecule has 0 amide bonds. The normalized spacial score (nSPS) is 17.5. The Balaban J connectivity index is 1.06. The average molecular weight is 503 g/mol. The van der Waals surface area contributed by atoms with E-state index in [0.29, 0.717) is 0 Å². The first-order valence-electron chi connectivity index (χ1n) is 13.6.